The Morgan fingerprint density at radius 2 is 2.05 bits per heavy atom. The van der Waals surface area contributed by atoms with Gasteiger partial charge < -0.3 is 15.7 Å². The quantitative estimate of drug-likeness (QED) is 0.822. The van der Waals surface area contributed by atoms with E-state index in [1.807, 2.05) is 30.0 Å². The van der Waals surface area contributed by atoms with Crippen molar-refractivity contribution in [3.63, 3.8) is 0 Å². The highest BCUT2D eigenvalue weighted by atomic mass is 16.4. The Kier molecular flexibility index (Phi) is 2.86. The molecule has 102 valence electrons. The molecule has 1 heterocycles. The van der Waals surface area contributed by atoms with Crippen LogP contribution in [-0.4, -0.2) is 17.6 Å². The first-order valence-corrected chi connectivity index (χ1v) is 6.57. The number of aryl methyl sites for hydroxylation is 1. The van der Waals surface area contributed by atoms with Crippen LogP contribution in [-0.2, 0) is 6.42 Å². The summed E-state index contributed by atoms with van der Waals surface area (Å²) in [7, 11) is 0. The molecule has 1 aliphatic heterocycles. The van der Waals surface area contributed by atoms with Crippen molar-refractivity contribution in [2.75, 3.05) is 17.2 Å². The number of hydrogen-bond donors (Lipinski definition) is 2. The first-order chi connectivity index (χ1) is 9.58. The third kappa shape index (κ3) is 1.90. The zero-order chi connectivity index (χ0) is 14.3. The van der Waals surface area contributed by atoms with Crippen molar-refractivity contribution in [2.24, 2.45) is 0 Å². The van der Waals surface area contributed by atoms with Crippen molar-refractivity contribution in [2.45, 2.75) is 13.3 Å². The average molecular weight is 268 g/mol. The van der Waals surface area contributed by atoms with E-state index in [0.29, 0.717) is 16.9 Å². The number of carboxylic acid groups (broad SMARTS) is 1. The molecule has 3 N–H and O–H groups in total. The highest BCUT2D eigenvalue weighted by molar-refractivity contribution is 5.97. The van der Waals surface area contributed by atoms with Gasteiger partial charge in [-0.3, -0.25) is 0 Å². The molecule has 2 aromatic carbocycles. The molecular weight excluding hydrogens is 252 g/mol. The van der Waals surface area contributed by atoms with E-state index in [1.165, 1.54) is 5.56 Å². The predicted octanol–water partition coefficient (Wildman–Crippen LogP) is 2.97. The summed E-state index contributed by atoms with van der Waals surface area (Å²) in [6, 6.07) is 11.1. The van der Waals surface area contributed by atoms with Crippen LogP contribution in [0, 0.1) is 6.92 Å². The Morgan fingerprint density at radius 3 is 2.80 bits per heavy atom. The monoisotopic (exact) mass is 268 g/mol. The fourth-order valence-corrected chi connectivity index (χ4v) is 2.88. The second kappa shape index (κ2) is 4.56. The van der Waals surface area contributed by atoms with Crippen LogP contribution in [0.3, 0.4) is 0 Å². The SMILES string of the molecule is Cc1cc(N)c2c(c1)CCN2c1ccccc1C(=O)O. The van der Waals surface area contributed by atoms with Gasteiger partial charge in [-0.1, -0.05) is 18.2 Å². The molecule has 3 rings (SSSR count). The second-order valence-electron chi connectivity index (χ2n) is 5.09. The minimum absolute atomic E-state index is 0.306. The van der Waals surface area contributed by atoms with Gasteiger partial charge in [0.05, 0.1) is 22.6 Å². The van der Waals surface area contributed by atoms with Crippen LogP contribution in [0.2, 0.25) is 0 Å². The van der Waals surface area contributed by atoms with Gasteiger partial charge in [0.15, 0.2) is 0 Å². The molecule has 0 saturated carbocycles. The number of anilines is 3. The van der Waals surface area contributed by atoms with Crippen molar-refractivity contribution in [3.05, 3.63) is 53.1 Å². The number of rotatable bonds is 2. The Balaban J connectivity index is 2.15. The van der Waals surface area contributed by atoms with Gasteiger partial charge in [0.25, 0.3) is 0 Å². The van der Waals surface area contributed by atoms with E-state index < -0.39 is 5.97 Å². The molecule has 1 aliphatic rings. The molecule has 0 atom stereocenters. The molecule has 0 aliphatic carbocycles. The number of benzene rings is 2. The highest BCUT2D eigenvalue weighted by Crippen LogP contribution is 2.40. The normalized spacial score (nSPS) is 13.3. The molecular formula is C16H16N2O2. The van der Waals surface area contributed by atoms with Gasteiger partial charge in [-0.15, -0.1) is 0 Å². The lowest BCUT2D eigenvalue weighted by molar-refractivity contribution is 0.0697. The minimum atomic E-state index is -0.917. The van der Waals surface area contributed by atoms with Crippen LogP contribution in [0.5, 0.6) is 0 Å². The van der Waals surface area contributed by atoms with Crippen LogP contribution in [0.15, 0.2) is 36.4 Å². The number of fused-ring (bicyclic) bond motifs is 1. The lowest BCUT2D eigenvalue weighted by Gasteiger charge is -2.23. The zero-order valence-electron chi connectivity index (χ0n) is 11.3. The lowest BCUT2D eigenvalue weighted by Crippen LogP contribution is -2.17. The summed E-state index contributed by atoms with van der Waals surface area (Å²) in [6.07, 6.45) is 0.884. The summed E-state index contributed by atoms with van der Waals surface area (Å²) in [5, 5.41) is 9.33. The van der Waals surface area contributed by atoms with Crippen molar-refractivity contribution in [1.29, 1.82) is 0 Å². The smallest absolute Gasteiger partial charge is 0.337 e. The molecule has 2 aromatic rings. The van der Waals surface area contributed by atoms with E-state index in [-0.39, 0.29) is 0 Å². The van der Waals surface area contributed by atoms with Crippen LogP contribution >= 0.6 is 0 Å². The van der Waals surface area contributed by atoms with Gasteiger partial charge in [-0.25, -0.2) is 4.79 Å². The summed E-state index contributed by atoms with van der Waals surface area (Å²) in [6.45, 7) is 2.78. The molecule has 4 heteroatoms. The van der Waals surface area contributed by atoms with Crippen LogP contribution in [0.4, 0.5) is 17.1 Å². The van der Waals surface area contributed by atoms with Crippen molar-refractivity contribution in [3.8, 4) is 0 Å². The number of carboxylic acids is 1. The number of para-hydroxylation sites is 1. The standard InChI is InChI=1S/C16H16N2O2/c1-10-8-11-6-7-18(15(11)13(17)9-10)14-5-3-2-4-12(14)16(19)20/h2-5,8-9H,6-7,17H2,1H3,(H,19,20). The molecule has 0 amide bonds. The second-order valence-corrected chi connectivity index (χ2v) is 5.09. The summed E-state index contributed by atoms with van der Waals surface area (Å²) < 4.78 is 0. The molecule has 20 heavy (non-hydrogen) atoms. The first-order valence-electron chi connectivity index (χ1n) is 6.57. The van der Waals surface area contributed by atoms with E-state index in [9.17, 15) is 9.90 Å². The number of aromatic carboxylic acids is 1. The maximum atomic E-state index is 11.4. The summed E-state index contributed by atoms with van der Waals surface area (Å²) in [4.78, 5) is 13.4. The number of carbonyl (C=O) groups is 1. The number of hydrogen-bond acceptors (Lipinski definition) is 3. The Bertz CT molecular complexity index is 695. The third-order valence-corrected chi connectivity index (χ3v) is 3.66. The summed E-state index contributed by atoms with van der Waals surface area (Å²) >= 11 is 0. The number of nitrogen functional groups attached to an aromatic ring is 1. The Morgan fingerprint density at radius 1 is 1.30 bits per heavy atom. The predicted molar refractivity (Wildman–Crippen MR) is 79.7 cm³/mol. The van der Waals surface area contributed by atoms with Crippen molar-refractivity contribution >= 4 is 23.0 Å². The molecule has 0 spiro atoms. The Labute approximate surface area is 117 Å². The summed E-state index contributed by atoms with van der Waals surface area (Å²) in [5.74, 6) is -0.917. The van der Waals surface area contributed by atoms with E-state index in [4.69, 9.17) is 5.73 Å². The van der Waals surface area contributed by atoms with Crippen LogP contribution in [0.25, 0.3) is 0 Å². The fraction of sp³-hybridized carbons (Fsp3) is 0.188. The lowest BCUT2D eigenvalue weighted by atomic mass is 10.1. The van der Waals surface area contributed by atoms with Gasteiger partial charge in [0.1, 0.15) is 0 Å². The fourth-order valence-electron chi connectivity index (χ4n) is 2.88. The molecule has 4 nitrogen and oxygen atoms in total. The van der Waals surface area contributed by atoms with E-state index in [0.717, 1.165) is 24.2 Å². The van der Waals surface area contributed by atoms with E-state index in [1.54, 1.807) is 12.1 Å². The van der Waals surface area contributed by atoms with Crippen molar-refractivity contribution < 1.29 is 9.90 Å². The molecule has 0 aromatic heterocycles. The zero-order valence-corrected chi connectivity index (χ0v) is 11.3. The van der Waals surface area contributed by atoms with E-state index >= 15 is 0 Å². The van der Waals surface area contributed by atoms with Gasteiger partial charge in [-0.2, -0.15) is 0 Å². The number of nitrogens with two attached hydrogens (primary N) is 1. The largest absolute Gasteiger partial charge is 0.478 e. The molecule has 0 saturated heterocycles. The van der Waals surface area contributed by atoms with Gasteiger partial charge in [0, 0.05) is 6.54 Å². The van der Waals surface area contributed by atoms with Gasteiger partial charge in [0.2, 0.25) is 0 Å². The van der Waals surface area contributed by atoms with Gasteiger partial charge >= 0.3 is 5.97 Å². The van der Waals surface area contributed by atoms with Crippen LogP contribution in [0.1, 0.15) is 21.5 Å². The van der Waals surface area contributed by atoms with E-state index in [2.05, 4.69) is 6.07 Å². The maximum Gasteiger partial charge on any atom is 0.337 e. The summed E-state index contributed by atoms with van der Waals surface area (Å²) in [5.41, 5.74) is 11.1. The Hall–Kier alpha value is -2.49. The third-order valence-electron chi connectivity index (χ3n) is 3.66. The molecule has 0 fully saturated rings. The first kappa shape index (κ1) is 12.5. The highest BCUT2D eigenvalue weighted by Gasteiger charge is 2.26. The molecule has 0 unspecified atom stereocenters. The number of nitrogens with zero attached hydrogens (tertiary/aromatic N) is 1. The average Bonchev–Trinajstić information content (AvgIpc) is 2.82. The topological polar surface area (TPSA) is 66.6 Å². The molecule has 0 radical (unpaired) electrons. The van der Waals surface area contributed by atoms with Crippen molar-refractivity contribution in [1.82, 2.24) is 0 Å². The van der Waals surface area contributed by atoms with Gasteiger partial charge in [-0.05, 0) is 42.7 Å². The van der Waals surface area contributed by atoms with Crippen LogP contribution < -0.4 is 10.6 Å². The molecule has 0 bridgehead atoms. The minimum Gasteiger partial charge on any atom is -0.478 e. The maximum absolute atomic E-state index is 11.4.